The fraction of sp³-hybridized carbons (Fsp3) is 0.333. The van der Waals surface area contributed by atoms with Gasteiger partial charge in [0.05, 0.1) is 17.0 Å². The average Bonchev–Trinajstić information content (AvgIpc) is 2.93. The molecule has 0 aliphatic carbocycles. The Bertz CT molecular complexity index is 745. The van der Waals surface area contributed by atoms with Gasteiger partial charge in [-0.3, -0.25) is 0 Å². The van der Waals surface area contributed by atoms with Crippen LogP contribution >= 0.6 is 0 Å². The molecule has 2 atom stereocenters. The highest BCUT2D eigenvalue weighted by Gasteiger charge is 2.31. The lowest BCUT2D eigenvalue weighted by Crippen LogP contribution is -2.43. The monoisotopic (exact) mass is 306 g/mol. The summed E-state index contributed by atoms with van der Waals surface area (Å²) in [5, 5.41) is 5.06. The van der Waals surface area contributed by atoms with Crippen LogP contribution in [0.3, 0.4) is 0 Å². The zero-order chi connectivity index (χ0) is 14.9. The van der Waals surface area contributed by atoms with Gasteiger partial charge in [-0.05, 0) is 22.9 Å². The Kier molecular flexibility index (Phi) is 3.95. The van der Waals surface area contributed by atoms with Gasteiger partial charge in [0.2, 0.25) is 10.0 Å². The van der Waals surface area contributed by atoms with Crippen LogP contribution in [0.5, 0.6) is 0 Å². The number of hydrogen-bond acceptors (Lipinski definition) is 4. The first-order chi connectivity index (χ1) is 10.1. The van der Waals surface area contributed by atoms with E-state index >= 15 is 0 Å². The summed E-state index contributed by atoms with van der Waals surface area (Å²) in [6.45, 7) is 1.23. The van der Waals surface area contributed by atoms with Gasteiger partial charge in [-0.15, -0.1) is 0 Å². The highest BCUT2D eigenvalue weighted by atomic mass is 32.2. The first-order valence-corrected chi connectivity index (χ1v) is 8.33. The topological polar surface area (TPSA) is 67.4 Å². The number of ether oxygens (including phenoxy) is 1. The molecule has 0 bridgehead atoms. The molecule has 0 spiro atoms. The Labute approximate surface area is 124 Å². The molecule has 2 N–H and O–H groups in total. The molecule has 112 valence electrons. The van der Waals surface area contributed by atoms with Crippen LogP contribution in [0.25, 0.3) is 10.8 Å². The molecule has 1 fully saturated rings. The van der Waals surface area contributed by atoms with E-state index in [9.17, 15) is 8.42 Å². The fourth-order valence-electron chi connectivity index (χ4n) is 2.62. The number of hydrogen-bond donors (Lipinski definition) is 2. The van der Waals surface area contributed by atoms with Crippen LogP contribution in [-0.4, -0.2) is 40.8 Å². The summed E-state index contributed by atoms with van der Waals surface area (Å²) in [5.74, 6) is 0. The van der Waals surface area contributed by atoms with E-state index in [2.05, 4.69) is 10.0 Å². The van der Waals surface area contributed by atoms with Gasteiger partial charge in [0.15, 0.2) is 0 Å². The standard InChI is InChI=1S/C15H18N2O3S/c1-20-15-10-16-9-14(15)17-21(18,19)13-7-6-11-4-2-3-5-12(11)8-13/h2-8,14-17H,9-10H2,1H3/t14?,15-/m0/s1. The van der Waals surface area contributed by atoms with E-state index in [0.717, 1.165) is 10.8 Å². The van der Waals surface area contributed by atoms with E-state index in [1.165, 1.54) is 0 Å². The van der Waals surface area contributed by atoms with Crippen molar-refractivity contribution < 1.29 is 13.2 Å². The summed E-state index contributed by atoms with van der Waals surface area (Å²) >= 11 is 0. The number of sulfonamides is 1. The first kappa shape index (κ1) is 14.5. The van der Waals surface area contributed by atoms with Crippen LogP contribution in [0.4, 0.5) is 0 Å². The zero-order valence-electron chi connectivity index (χ0n) is 11.7. The van der Waals surface area contributed by atoms with Crippen LogP contribution < -0.4 is 10.0 Å². The highest BCUT2D eigenvalue weighted by molar-refractivity contribution is 7.89. The second kappa shape index (κ2) is 5.73. The van der Waals surface area contributed by atoms with Crippen LogP contribution in [0.15, 0.2) is 47.4 Å². The van der Waals surface area contributed by atoms with Crippen molar-refractivity contribution in [3.63, 3.8) is 0 Å². The van der Waals surface area contributed by atoms with Crippen molar-refractivity contribution in [2.75, 3.05) is 20.2 Å². The number of rotatable bonds is 4. The lowest BCUT2D eigenvalue weighted by atomic mass is 10.1. The van der Waals surface area contributed by atoms with Gasteiger partial charge in [0.25, 0.3) is 0 Å². The molecule has 21 heavy (non-hydrogen) atoms. The Morgan fingerprint density at radius 3 is 2.67 bits per heavy atom. The third-order valence-electron chi connectivity index (χ3n) is 3.80. The van der Waals surface area contributed by atoms with Gasteiger partial charge in [-0.1, -0.05) is 30.3 Å². The van der Waals surface area contributed by atoms with E-state index in [4.69, 9.17) is 4.74 Å². The van der Waals surface area contributed by atoms with Crippen LogP contribution in [0, 0.1) is 0 Å². The maximum atomic E-state index is 12.5. The first-order valence-electron chi connectivity index (χ1n) is 6.85. The second-order valence-electron chi connectivity index (χ2n) is 5.17. The molecule has 1 aliphatic rings. The largest absolute Gasteiger partial charge is 0.378 e. The SMILES string of the molecule is CO[C@H]1CNCC1NS(=O)(=O)c1ccc2ccccc2c1. The highest BCUT2D eigenvalue weighted by Crippen LogP contribution is 2.19. The zero-order valence-corrected chi connectivity index (χ0v) is 12.6. The van der Waals surface area contributed by atoms with E-state index in [-0.39, 0.29) is 17.0 Å². The number of nitrogens with one attached hydrogen (secondary N) is 2. The molecule has 1 heterocycles. The third kappa shape index (κ3) is 2.94. The Hall–Kier alpha value is -1.47. The summed E-state index contributed by atoms with van der Waals surface area (Å²) < 4.78 is 33.0. The maximum Gasteiger partial charge on any atom is 0.240 e. The van der Waals surface area contributed by atoms with Crippen molar-refractivity contribution >= 4 is 20.8 Å². The van der Waals surface area contributed by atoms with Crippen molar-refractivity contribution in [2.24, 2.45) is 0 Å². The van der Waals surface area contributed by atoms with Gasteiger partial charge in [0.1, 0.15) is 0 Å². The summed E-state index contributed by atoms with van der Waals surface area (Å²) in [6.07, 6.45) is -0.139. The van der Waals surface area contributed by atoms with E-state index < -0.39 is 10.0 Å². The van der Waals surface area contributed by atoms with Gasteiger partial charge >= 0.3 is 0 Å². The van der Waals surface area contributed by atoms with Gasteiger partial charge < -0.3 is 10.1 Å². The van der Waals surface area contributed by atoms with Crippen molar-refractivity contribution in [1.82, 2.24) is 10.0 Å². The van der Waals surface area contributed by atoms with Crippen LogP contribution in [0.1, 0.15) is 0 Å². The van der Waals surface area contributed by atoms with E-state index in [1.807, 2.05) is 30.3 Å². The molecule has 1 aliphatic heterocycles. The predicted molar refractivity (Wildman–Crippen MR) is 81.7 cm³/mol. The third-order valence-corrected chi connectivity index (χ3v) is 5.29. The molecule has 2 aromatic rings. The normalized spacial score (nSPS) is 22.7. The molecule has 1 saturated heterocycles. The molecule has 1 unspecified atom stereocenters. The summed E-state index contributed by atoms with van der Waals surface area (Å²) in [4.78, 5) is 0.281. The smallest absolute Gasteiger partial charge is 0.240 e. The summed E-state index contributed by atoms with van der Waals surface area (Å²) in [6, 6.07) is 12.6. The lowest BCUT2D eigenvalue weighted by Gasteiger charge is -2.18. The number of methoxy groups -OCH3 is 1. The molecule has 0 aromatic heterocycles. The molecule has 0 saturated carbocycles. The molecule has 3 rings (SSSR count). The Morgan fingerprint density at radius 2 is 1.90 bits per heavy atom. The molecule has 6 heteroatoms. The van der Waals surface area contributed by atoms with E-state index in [1.54, 1.807) is 19.2 Å². The fourth-order valence-corrected chi connectivity index (χ4v) is 3.92. The minimum absolute atomic E-state index is 0.139. The van der Waals surface area contributed by atoms with Crippen molar-refractivity contribution in [2.45, 2.75) is 17.0 Å². The molecular weight excluding hydrogens is 288 g/mol. The lowest BCUT2D eigenvalue weighted by molar-refractivity contribution is 0.103. The van der Waals surface area contributed by atoms with Gasteiger partial charge in [-0.2, -0.15) is 0 Å². The number of benzene rings is 2. The quantitative estimate of drug-likeness (QED) is 0.888. The summed E-state index contributed by atoms with van der Waals surface area (Å²) in [7, 11) is -1.96. The maximum absolute atomic E-state index is 12.5. The van der Waals surface area contributed by atoms with Crippen molar-refractivity contribution in [3.05, 3.63) is 42.5 Å². The molecule has 0 amide bonds. The van der Waals surface area contributed by atoms with Crippen LogP contribution in [0.2, 0.25) is 0 Å². The van der Waals surface area contributed by atoms with E-state index in [0.29, 0.717) is 13.1 Å². The molecule has 0 radical (unpaired) electrons. The summed E-state index contributed by atoms with van der Waals surface area (Å²) in [5.41, 5.74) is 0. The second-order valence-corrected chi connectivity index (χ2v) is 6.88. The Balaban J connectivity index is 1.89. The molecule has 5 nitrogen and oxygen atoms in total. The van der Waals surface area contributed by atoms with Gasteiger partial charge in [0, 0.05) is 20.2 Å². The minimum atomic E-state index is -3.55. The predicted octanol–water partition coefficient (Wildman–Crippen LogP) is 1.10. The molecule has 2 aromatic carbocycles. The van der Waals surface area contributed by atoms with Gasteiger partial charge in [-0.25, -0.2) is 13.1 Å². The molecular formula is C15H18N2O3S. The van der Waals surface area contributed by atoms with Crippen LogP contribution in [-0.2, 0) is 14.8 Å². The Morgan fingerprint density at radius 1 is 1.14 bits per heavy atom. The minimum Gasteiger partial charge on any atom is -0.378 e. The average molecular weight is 306 g/mol. The van der Waals surface area contributed by atoms with Crippen molar-refractivity contribution in [1.29, 1.82) is 0 Å². The number of fused-ring (bicyclic) bond motifs is 1. The van der Waals surface area contributed by atoms with Crippen molar-refractivity contribution in [3.8, 4) is 0 Å².